The highest BCUT2D eigenvalue weighted by atomic mass is 19.1. The average molecular weight is 439 g/mol. The van der Waals surface area contributed by atoms with E-state index < -0.39 is 18.0 Å². The van der Waals surface area contributed by atoms with Crippen molar-refractivity contribution in [3.63, 3.8) is 0 Å². The van der Waals surface area contributed by atoms with E-state index in [1.807, 2.05) is 13.0 Å². The number of urea groups is 1. The molecule has 0 radical (unpaired) electrons. The molecule has 32 heavy (non-hydrogen) atoms. The first-order valence-corrected chi connectivity index (χ1v) is 11.1. The van der Waals surface area contributed by atoms with Gasteiger partial charge in [-0.3, -0.25) is 10.3 Å². The number of carbonyl (C=O) groups excluding carboxylic acids is 1. The zero-order valence-electron chi connectivity index (χ0n) is 17.9. The van der Waals surface area contributed by atoms with Crippen molar-refractivity contribution in [2.75, 3.05) is 18.5 Å². The molecule has 0 bridgehead atoms. The Morgan fingerprint density at radius 2 is 2.22 bits per heavy atom. The summed E-state index contributed by atoms with van der Waals surface area (Å²) in [7, 11) is 0. The molecule has 3 heterocycles. The van der Waals surface area contributed by atoms with Gasteiger partial charge in [-0.2, -0.15) is 0 Å². The minimum absolute atomic E-state index is 0.244. The number of H-pyrrole nitrogens is 1. The molecule has 5 rings (SSSR count). The Kier molecular flexibility index (Phi) is 5.52. The minimum atomic E-state index is -0.571. The maximum atomic E-state index is 15.9. The Morgan fingerprint density at radius 3 is 3.00 bits per heavy atom. The number of pyridine rings is 1. The van der Waals surface area contributed by atoms with E-state index in [4.69, 9.17) is 4.74 Å². The van der Waals surface area contributed by atoms with Gasteiger partial charge in [0.2, 0.25) is 5.95 Å². The second-order valence-electron chi connectivity index (χ2n) is 8.30. The monoisotopic (exact) mass is 439 g/mol. The second kappa shape index (κ2) is 8.48. The van der Waals surface area contributed by atoms with Crippen molar-refractivity contribution >= 4 is 23.0 Å². The van der Waals surface area contributed by atoms with Crippen molar-refractivity contribution in [2.45, 2.75) is 51.2 Å². The summed E-state index contributed by atoms with van der Waals surface area (Å²) >= 11 is 0. The molecule has 8 nitrogen and oxygen atoms in total. The molecule has 2 aliphatic rings. The normalized spacial score (nSPS) is 20.3. The first-order valence-electron chi connectivity index (χ1n) is 11.1. The van der Waals surface area contributed by atoms with Gasteiger partial charge in [0.05, 0.1) is 28.9 Å². The lowest BCUT2D eigenvalue weighted by molar-refractivity contribution is 0.110. The lowest BCUT2D eigenvalue weighted by Crippen LogP contribution is -2.28. The van der Waals surface area contributed by atoms with E-state index in [9.17, 15) is 9.90 Å². The number of anilines is 1. The quantitative estimate of drug-likeness (QED) is 0.488. The van der Waals surface area contributed by atoms with Crippen LogP contribution in [0.5, 0.6) is 0 Å². The SMILES string of the molecule is CCNC(=O)Nc1nc2c(C3CCCO3)c(F)c(-c3cnc4c(c3)CCCC4O)cc2[nH]1. The van der Waals surface area contributed by atoms with E-state index in [-0.39, 0.29) is 12.0 Å². The molecule has 4 N–H and O–H groups in total. The molecule has 2 amide bonds. The van der Waals surface area contributed by atoms with Crippen molar-refractivity contribution in [1.82, 2.24) is 20.3 Å². The minimum Gasteiger partial charge on any atom is -0.387 e. The summed E-state index contributed by atoms with van der Waals surface area (Å²) in [5.41, 5.74) is 4.12. The van der Waals surface area contributed by atoms with Gasteiger partial charge in [0.1, 0.15) is 5.82 Å². The van der Waals surface area contributed by atoms with E-state index >= 15 is 4.39 Å². The van der Waals surface area contributed by atoms with Crippen LogP contribution in [-0.4, -0.2) is 39.2 Å². The van der Waals surface area contributed by atoms with E-state index in [1.54, 1.807) is 12.3 Å². The van der Waals surface area contributed by atoms with Crippen LogP contribution in [-0.2, 0) is 11.2 Å². The van der Waals surface area contributed by atoms with Crippen molar-refractivity contribution in [3.05, 3.63) is 41.0 Å². The smallest absolute Gasteiger partial charge is 0.321 e. The number of imidazole rings is 1. The van der Waals surface area contributed by atoms with Gasteiger partial charge in [-0.1, -0.05) is 0 Å². The fourth-order valence-corrected chi connectivity index (χ4v) is 4.63. The lowest BCUT2D eigenvalue weighted by Gasteiger charge is -2.21. The molecule has 1 fully saturated rings. The topological polar surface area (TPSA) is 112 Å². The van der Waals surface area contributed by atoms with Crippen molar-refractivity contribution < 1.29 is 19.0 Å². The molecule has 168 valence electrons. The Bertz CT molecular complexity index is 1170. The van der Waals surface area contributed by atoms with Crippen molar-refractivity contribution in [1.29, 1.82) is 0 Å². The number of hydrogen-bond donors (Lipinski definition) is 4. The Morgan fingerprint density at radius 1 is 1.34 bits per heavy atom. The fourth-order valence-electron chi connectivity index (χ4n) is 4.63. The van der Waals surface area contributed by atoms with Crippen LogP contribution in [0.1, 0.15) is 61.6 Å². The molecule has 1 aliphatic carbocycles. The number of aliphatic hydroxyl groups excluding tert-OH is 1. The molecular weight excluding hydrogens is 413 g/mol. The van der Waals surface area contributed by atoms with Crippen LogP contribution in [0.4, 0.5) is 15.1 Å². The fraction of sp³-hybridized carbons (Fsp3) is 0.435. The van der Waals surface area contributed by atoms with Crippen LogP contribution in [0.15, 0.2) is 18.3 Å². The number of nitrogens with zero attached hydrogens (tertiary/aromatic N) is 2. The highest BCUT2D eigenvalue weighted by Crippen LogP contribution is 2.40. The molecular formula is C23H26FN5O3. The van der Waals surface area contributed by atoms with Gasteiger partial charge >= 0.3 is 6.03 Å². The van der Waals surface area contributed by atoms with Gasteiger partial charge in [-0.15, -0.1) is 0 Å². The number of hydrogen-bond acceptors (Lipinski definition) is 5. The number of benzene rings is 1. The number of aromatic amines is 1. The number of amides is 2. The van der Waals surface area contributed by atoms with Gasteiger partial charge in [-0.25, -0.2) is 14.2 Å². The Labute approximate surface area is 184 Å². The highest BCUT2D eigenvalue weighted by molar-refractivity contribution is 5.92. The maximum Gasteiger partial charge on any atom is 0.321 e. The summed E-state index contributed by atoms with van der Waals surface area (Å²) < 4.78 is 21.7. The number of carbonyl (C=O) groups is 1. The predicted octanol–water partition coefficient (Wildman–Crippen LogP) is 4.13. The average Bonchev–Trinajstić information content (AvgIpc) is 3.43. The third kappa shape index (κ3) is 3.71. The summed E-state index contributed by atoms with van der Waals surface area (Å²) in [5.74, 6) is -0.146. The lowest BCUT2D eigenvalue weighted by atomic mass is 9.91. The molecule has 1 aliphatic heterocycles. The third-order valence-electron chi connectivity index (χ3n) is 6.12. The first kappa shape index (κ1) is 20.8. The van der Waals surface area contributed by atoms with Gasteiger partial charge in [0.25, 0.3) is 0 Å². The first-order chi connectivity index (χ1) is 15.5. The van der Waals surface area contributed by atoms with Crippen LogP contribution in [0, 0.1) is 5.82 Å². The van der Waals surface area contributed by atoms with Gasteiger partial charge < -0.3 is 20.1 Å². The standard InChI is InChI=1S/C23H26FN5O3/c1-2-25-23(31)29-22-27-15-10-14(13-9-12-5-3-6-16(30)20(12)26-11-13)19(24)18(21(15)28-22)17-7-4-8-32-17/h9-11,16-17,30H,2-8H2,1H3,(H3,25,27,28,29,31). The summed E-state index contributed by atoms with van der Waals surface area (Å²) in [5, 5.41) is 15.5. The van der Waals surface area contributed by atoms with E-state index in [0.717, 1.165) is 24.8 Å². The molecule has 0 spiro atoms. The number of aryl methyl sites for hydroxylation is 1. The predicted molar refractivity (Wildman–Crippen MR) is 118 cm³/mol. The molecule has 9 heteroatoms. The van der Waals surface area contributed by atoms with Crippen molar-refractivity contribution in [3.8, 4) is 11.1 Å². The molecule has 3 aromatic rings. The third-order valence-corrected chi connectivity index (χ3v) is 6.12. The summed E-state index contributed by atoms with van der Waals surface area (Å²) in [4.78, 5) is 23.9. The Hall–Kier alpha value is -3.04. The molecule has 1 saturated heterocycles. The number of fused-ring (bicyclic) bond motifs is 2. The number of aliphatic hydroxyl groups is 1. The maximum absolute atomic E-state index is 15.9. The number of aromatic nitrogens is 3. The zero-order chi connectivity index (χ0) is 22.2. The molecule has 0 saturated carbocycles. The number of nitrogens with one attached hydrogen (secondary N) is 3. The largest absolute Gasteiger partial charge is 0.387 e. The summed E-state index contributed by atoms with van der Waals surface area (Å²) in [6, 6.07) is 3.23. The molecule has 2 aromatic heterocycles. The molecule has 2 atom stereocenters. The molecule has 2 unspecified atom stereocenters. The van der Waals surface area contributed by atoms with Crippen LogP contribution in [0.2, 0.25) is 0 Å². The second-order valence-corrected chi connectivity index (χ2v) is 8.30. The van der Waals surface area contributed by atoms with Crippen molar-refractivity contribution in [2.24, 2.45) is 0 Å². The van der Waals surface area contributed by atoms with E-state index in [2.05, 4.69) is 25.6 Å². The summed E-state index contributed by atoms with van der Waals surface area (Å²) in [6.45, 7) is 2.87. The van der Waals surface area contributed by atoms with E-state index in [1.165, 1.54) is 0 Å². The number of rotatable bonds is 4. The molecule has 1 aromatic carbocycles. The number of ether oxygens (including phenoxy) is 1. The van der Waals surface area contributed by atoms with Crippen LogP contribution in [0.3, 0.4) is 0 Å². The van der Waals surface area contributed by atoms with E-state index in [0.29, 0.717) is 59.4 Å². The van der Waals surface area contributed by atoms with Crippen LogP contribution >= 0.6 is 0 Å². The van der Waals surface area contributed by atoms with Crippen LogP contribution < -0.4 is 10.6 Å². The zero-order valence-corrected chi connectivity index (χ0v) is 17.9. The van der Waals surface area contributed by atoms with Gasteiger partial charge in [-0.05, 0) is 56.7 Å². The Balaban J connectivity index is 1.63. The van der Waals surface area contributed by atoms with Gasteiger partial charge in [0, 0.05) is 36.0 Å². The highest BCUT2D eigenvalue weighted by Gasteiger charge is 2.29. The summed E-state index contributed by atoms with van der Waals surface area (Å²) in [6.07, 6.45) is 4.57. The van der Waals surface area contributed by atoms with Crippen LogP contribution in [0.25, 0.3) is 22.2 Å². The number of halogens is 1. The van der Waals surface area contributed by atoms with Gasteiger partial charge in [0.15, 0.2) is 0 Å².